The molecule has 1 aromatic carbocycles. The van der Waals surface area contributed by atoms with E-state index in [9.17, 15) is 13.2 Å². The third-order valence-corrected chi connectivity index (χ3v) is 2.69. The highest BCUT2D eigenvalue weighted by Crippen LogP contribution is 2.30. The van der Waals surface area contributed by atoms with Gasteiger partial charge in [0.25, 0.3) is 0 Å². The molecule has 0 aliphatic carbocycles. The van der Waals surface area contributed by atoms with E-state index in [0.29, 0.717) is 5.56 Å². The van der Waals surface area contributed by atoms with Crippen molar-refractivity contribution in [2.24, 2.45) is 5.73 Å². The van der Waals surface area contributed by atoms with Crippen molar-refractivity contribution in [1.29, 1.82) is 0 Å². The van der Waals surface area contributed by atoms with E-state index < -0.39 is 17.8 Å². The third kappa shape index (κ3) is 3.58. The maximum absolute atomic E-state index is 12.4. The van der Waals surface area contributed by atoms with Crippen LogP contribution in [0.3, 0.4) is 0 Å². The first-order valence-corrected chi connectivity index (χ1v) is 5.56. The molecule has 0 spiro atoms. The minimum absolute atomic E-state index is 0.226. The van der Waals surface area contributed by atoms with Crippen molar-refractivity contribution >= 4 is 0 Å². The fourth-order valence-electron chi connectivity index (χ4n) is 1.72. The molecule has 2 atom stereocenters. The lowest BCUT2D eigenvalue weighted by Crippen LogP contribution is -2.31. The van der Waals surface area contributed by atoms with Crippen LogP contribution in [-0.4, -0.2) is 17.8 Å². The van der Waals surface area contributed by atoms with Gasteiger partial charge in [0.2, 0.25) is 0 Å². The molecule has 0 bridgehead atoms. The maximum atomic E-state index is 12.4. The number of hydrogen-bond donors (Lipinski definition) is 2. The van der Waals surface area contributed by atoms with Gasteiger partial charge in [0.15, 0.2) is 0 Å². The van der Waals surface area contributed by atoms with Gasteiger partial charge >= 0.3 is 6.18 Å². The molecule has 2 unspecified atom stereocenters. The van der Waals surface area contributed by atoms with Gasteiger partial charge in [-0.05, 0) is 24.6 Å². The molecule has 0 aromatic heterocycles. The Morgan fingerprint density at radius 1 is 1.28 bits per heavy atom. The molecular weight excluding hydrogens is 243 g/mol. The van der Waals surface area contributed by atoms with Crippen LogP contribution in [0.1, 0.15) is 24.0 Å². The van der Waals surface area contributed by atoms with E-state index in [-0.39, 0.29) is 12.5 Å². The number of halogens is 3. The monoisotopic (exact) mass is 259 g/mol. The third-order valence-electron chi connectivity index (χ3n) is 2.69. The van der Waals surface area contributed by atoms with E-state index in [2.05, 4.69) is 0 Å². The minimum Gasteiger partial charge on any atom is -0.395 e. The number of hydrogen-bond acceptors (Lipinski definition) is 2. The van der Waals surface area contributed by atoms with Gasteiger partial charge in [-0.25, -0.2) is 0 Å². The SMILES string of the molecule is CC=CC(c1ccc(C(F)(F)F)cc1)C(N)CO. The van der Waals surface area contributed by atoms with Crippen LogP contribution in [0.4, 0.5) is 13.2 Å². The molecule has 1 rings (SSSR count). The van der Waals surface area contributed by atoms with Crippen molar-refractivity contribution in [3.05, 3.63) is 47.5 Å². The predicted molar refractivity (Wildman–Crippen MR) is 64.1 cm³/mol. The maximum Gasteiger partial charge on any atom is 0.416 e. The number of allylic oxidation sites excluding steroid dienone is 1. The number of benzene rings is 1. The van der Waals surface area contributed by atoms with Crippen LogP contribution >= 0.6 is 0 Å². The second kappa shape index (κ2) is 6.02. The van der Waals surface area contributed by atoms with E-state index in [1.807, 2.05) is 0 Å². The topological polar surface area (TPSA) is 46.2 Å². The summed E-state index contributed by atoms with van der Waals surface area (Å²) in [4.78, 5) is 0. The molecule has 0 fully saturated rings. The number of nitrogens with two attached hydrogens (primary N) is 1. The summed E-state index contributed by atoms with van der Waals surface area (Å²) in [7, 11) is 0. The molecule has 0 amide bonds. The highest BCUT2D eigenvalue weighted by atomic mass is 19.4. The predicted octanol–water partition coefficient (Wildman–Crippen LogP) is 2.68. The van der Waals surface area contributed by atoms with Gasteiger partial charge in [-0.3, -0.25) is 0 Å². The summed E-state index contributed by atoms with van der Waals surface area (Å²) in [5.74, 6) is -0.290. The van der Waals surface area contributed by atoms with Crippen LogP contribution in [0.15, 0.2) is 36.4 Å². The highest BCUT2D eigenvalue weighted by Gasteiger charge is 2.30. The molecule has 0 aliphatic heterocycles. The summed E-state index contributed by atoms with van der Waals surface area (Å²) in [5, 5.41) is 9.04. The van der Waals surface area contributed by atoms with E-state index in [4.69, 9.17) is 10.8 Å². The molecule has 0 saturated heterocycles. The molecule has 0 heterocycles. The van der Waals surface area contributed by atoms with Crippen molar-refractivity contribution in [2.75, 3.05) is 6.61 Å². The number of alkyl halides is 3. The van der Waals surface area contributed by atoms with E-state index >= 15 is 0 Å². The zero-order chi connectivity index (χ0) is 13.8. The van der Waals surface area contributed by atoms with Crippen molar-refractivity contribution in [3.63, 3.8) is 0 Å². The van der Waals surface area contributed by atoms with E-state index in [1.165, 1.54) is 12.1 Å². The lowest BCUT2D eigenvalue weighted by Gasteiger charge is -2.20. The Balaban J connectivity index is 3.01. The molecule has 2 nitrogen and oxygen atoms in total. The summed E-state index contributed by atoms with van der Waals surface area (Å²) < 4.78 is 37.2. The van der Waals surface area contributed by atoms with Gasteiger partial charge in [-0.2, -0.15) is 13.2 Å². The summed E-state index contributed by atoms with van der Waals surface area (Å²) in [6, 6.07) is 4.30. The first-order valence-electron chi connectivity index (χ1n) is 5.56. The van der Waals surface area contributed by atoms with Crippen LogP contribution in [0, 0.1) is 0 Å². The Hall–Kier alpha value is -1.33. The van der Waals surface area contributed by atoms with Crippen LogP contribution in [0.25, 0.3) is 0 Å². The van der Waals surface area contributed by atoms with Crippen LogP contribution in [-0.2, 0) is 6.18 Å². The summed E-state index contributed by atoms with van der Waals surface area (Å²) in [6.45, 7) is 1.57. The van der Waals surface area contributed by atoms with Crippen molar-refractivity contribution in [2.45, 2.75) is 25.1 Å². The fraction of sp³-hybridized carbons (Fsp3) is 0.385. The molecule has 1 aromatic rings. The number of aliphatic hydroxyl groups excluding tert-OH is 1. The van der Waals surface area contributed by atoms with Gasteiger partial charge in [-0.15, -0.1) is 0 Å². The van der Waals surface area contributed by atoms with Gasteiger partial charge < -0.3 is 10.8 Å². The molecule has 0 radical (unpaired) electrons. The number of rotatable bonds is 4. The van der Waals surface area contributed by atoms with Gasteiger partial charge in [0.05, 0.1) is 12.2 Å². The molecule has 18 heavy (non-hydrogen) atoms. The quantitative estimate of drug-likeness (QED) is 0.817. The largest absolute Gasteiger partial charge is 0.416 e. The van der Waals surface area contributed by atoms with Crippen LogP contribution in [0.5, 0.6) is 0 Å². The lowest BCUT2D eigenvalue weighted by atomic mass is 9.91. The number of aliphatic hydroxyl groups is 1. The molecule has 3 N–H and O–H groups in total. The Morgan fingerprint density at radius 3 is 2.22 bits per heavy atom. The molecule has 0 aliphatic rings. The zero-order valence-corrected chi connectivity index (χ0v) is 9.98. The van der Waals surface area contributed by atoms with Gasteiger partial charge in [0, 0.05) is 12.0 Å². The van der Waals surface area contributed by atoms with Gasteiger partial charge in [0.1, 0.15) is 0 Å². The minimum atomic E-state index is -4.34. The Morgan fingerprint density at radius 2 is 1.83 bits per heavy atom. The van der Waals surface area contributed by atoms with Crippen LogP contribution < -0.4 is 5.73 Å². The summed E-state index contributed by atoms with van der Waals surface area (Å²) in [6.07, 6.45) is -0.810. The summed E-state index contributed by atoms with van der Waals surface area (Å²) in [5.41, 5.74) is 5.70. The zero-order valence-electron chi connectivity index (χ0n) is 9.98. The average Bonchev–Trinajstić information content (AvgIpc) is 2.34. The van der Waals surface area contributed by atoms with Crippen molar-refractivity contribution in [1.82, 2.24) is 0 Å². The molecular formula is C13H16F3NO. The highest BCUT2D eigenvalue weighted by molar-refractivity contribution is 5.30. The average molecular weight is 259 g/mol. The first-order chi connectivity index (χ1) is 8.40. The van der Waals surface area contributed by atoms with E-state index in [1.54, 1.807) is 19.1 Å². The molecule has 0 saturated carbocycles. The molecule has 5 heteroatoms. The second-order valence-corrected chi connectivity index (χ2v) is 4.02. The Kier molecular flexibility index (Phi) is 4.93. The standard InChI is InChI=1S/C13H16F3NO/c1-2-3-11(12(17)8-18)9-4-6-10(7-5-9)13(14,15)16/h2-7,11-12,18H,8,17H2,1H3. The van der Waals surface area contributed by atoms with Crippen LogP contribution in [0.2, 0.25) is 0 Å². The normalized spacial score (nSPS) is 15.9. The van der Waals surface area contributed by atoms with Gasteiger partial charge in [-0.1, -0.05) is 24.3 Å². The first kappa shape index (κ1) is 14.7. The van der Waals surface area contributed by atoms with Crippen molar-refractivity contribution < 1.29 is 18.3 Å². The van der Waals surface area contributed by atoms with E-state index in [0.717, 1.165) is 12.1 Å². The summed E-state index contributed by atoms with van der Waals surface area (Å²) >= 11 is 0. The fourth-order valence-corrected chi connectivity index (χ4v) is 1.72. The smallest absolute Gasteiger partial charge is 0.395 e. The Labute approximate surface area is 104 Å². The Bertz CT molecular complexity index is 398. The lowest BCUT2D eigenvalue weighted by molar-refractivity contribution is -0.137. The second-order valence-electron chi connectivity index (χ2n) is 4.02. The van der Waals surface area contributed by atoms with Crippen molar-refractivity contribution in [3.8, 4) is 0 Å². The molecule has 100 valence electrons.